The number of fused-ring (bicyclic) bond motifs is 3. The summed E-state index contributed by atoms with van der Waals surface area (Å²) in [6.45, 7) is 4.43. The van der Waals surface area contributed by atoms with Gasteiger partial charge in [0.2, 0.25) is 10.0 Å². The number of nitrogens with zero attached hydrogens (tertiary/aromatic N) is 1. The Hall–Kier alpha value is -2.45. The van der Waals surface area contributed by atoms with Crippen molar-refractivity contribution in [3.63, 3.8) is 0 Å². The third-order valence-electron chi connectivity index (χ3n) is 5.61. The van der Waals surface area contributed by atoms with Gasteiger partial charge in [-0.3, -0.25) is 0 Å². The normalized spacial score (nSPS) is 21.2. The lowest BCUT2D eigenvalue weighted by Gasteiger charge is -2.35. The number of ether oxygens (including phenoxy) is 4. The summed E-state index contributed by atoms with van der Waals surface area (Å²) in [5.74, 6) is 2.48. The van der Waals surface area contributed by atoms with Crippen LogP contribution in [0.25, 0.3) is 0 Å². The van der Waals surface area contributed by atoms with Crippen molar-refractivity contribution in [2.45, 2.75) is 30.7 Å². The van der Waals surface area contributed by atoms with Crippen LogP contribution in [-0.4, -0.2) is 45.7 Å². The van der Waals surface area contributed by atoms with Crippen LogP contribution in [0.2, 0.25) is 0 Å². The molecule has 2 aromatic rings. The molecule has 0 spiro atoms. The van der Waals surface area contributed by atoms with Crippen LogP contribution in [0.1, 0.15) is 30.5 Å². The molecule has 0 aromatic heterocycles. The molecular weight excluding hydrogens is 394 g/mol. The summed E-state index contributed by atoms with van der Waals surface area (Å²) in [5, 5.41) is 0. The van der Waals surface area contributed by atoms with Gasteiger partial charge in [0.05, 0.1) is 18.1 Å². The van der Waals surface area contributed by atoms with E-state index in [1.54, 1.807) is 22.5 Å². The van der Waals surface area contributed by atoms with Gasteiger partial charge in [-0.1, -0.05) is 0 Å². The van der Waals surface area contributed by atoms with Crippen molar-refractivity contribution in [1.29, 1.82) is 0 Å². The quantitative estimate of drug-likeness (QED) is 0.748. The molecule has 0 N–H and O–H groups in total. The molecule has 2 aromatic carbocycles. The van der Waals surface area contributed by atoms with Crippen LogP contribution in [-0.2, 0) is 16.4 Å². The first kappa shape index (κ1) is 18.6. The van der Waals surface area contributed by atoms with E-state index in [9.17, 15) is 8.42 Å². The van der Waals surface area contributed by atoms with Crippen LogP contribution in [0.4, 0.5) is 0 Å². The van der Waals surface area contributed by atoms with E-state index in [0.717, 1.165) is 23.3 Å². The van der Waals surface area contributed by atoms with Crippen molar-refractivity contribution in [2.75, 3.05) is 33.0 Å². The highest BCUT2D eigenvalue weighted by Gasteiger charge is 2.35. The number of hydrogen-bond donors (Lipinski definition) is 0. The second-order valence-corrected chi connectivity index (χ2v) is 9.29. The average Bonchev–Trinajstić information content (AvgIpc) is 2.97. The molecule has 154 valence electrons. The number of hydrogen-bond acceptors (Lipinski definition) is 6. The first-order chi connectivity index (χ1) is 14.0. The SMILES string of the molecule is C[C@@H]1c2cc3c(cc2CCN1S(=O)(=O)c1ccc2c(c1)OCCO2)OCCCO3. The Morgan fingerprint density at radius 1 is 0.862 bits per heavy atom. The molecule has 0 fully saturated rings. The van der Waals surface area contributed by atoms with E-state index in [0.29, 0.717) is 56.6 Å². The first-order valence-corrected chi connectivity index (χ1v) is 11.3. The Labute approximate surface area is 170 Å². The largest absolute Gasteiger partial charge is 0.490 e. The van der Waals surface area contributed by atoms with E-state index in [1.807, 2.05) is 19.1 Å². The van der Waals surface area contributed by atoms with Gasteiger partial charge in [-0.25, -0.2) is 8.42 Å². The molecule has 3 aliphatic rings. The molecule has 0 bridgehead atoms. The lowest BCUT2D eigenvalue weighted by Crippen LogP contribution is -2.38. The van der Waals surface area contributed by atoms with Crippen molar-refractivity contribution in [2.24, 2.45) is 0 Å². The summed E-state index contributed by atoms with van der Waals surface area (Å²) in [6.07, 6.45) is 1.46. The van der Waals surface area contributed by atoms with Crippen LogP contribution in [0, 0.1) is 0 Å². The molecular formula is C21H23NO6S. The number of sulfonamides is 1. The molecule has 0 unspecified atom stereocenters. The molecule has 29 heavy (non-hydrogen) atoms. The van der Waals surface area contributed by atoms with E-state index in [1.165, 1.54) is 0 Å². The fraction of sp³-hybridized carbons (Fsp3) is 0.429. The zero-order valence-electron chi connectivity index (χ0n) is 16.2. The van der Waals surface area contributed by atoms with Gasteiger partial charge >= 0.3 is 0 Å². The predicted molar refractivity (Wildman–Crippen MR) is 105 cm³/mol. The van der Waals surface area contributed by atoms with Crippen LogP contribution >= 0.6 is 0 Å². The van der Waals surface area contributed by atoms with Crippen molar-refractivity contribution in [3.05, 3.63) is 41.5 Å². The van der Waals surface area contributed by atoms with Crippen molar-refractivity contribution in [3.8, 4) is 23.0 Å². The molecule has 0 radical (unpaired) electrons. The van der Waals surface area contributed by atoms with E-state index in [2.05, 4.69) is 0 Å². The molecule has 3 heterocycles. The Balaban J connectivity index is 1.49. The lowest BCUT2D eigenvalue weighted by atomic mass is 9.94. The number of benzene rings is 2. The highest BCUT2D eigenvalue weighted by Crippen LogP contribution is 2.41. The van der Waals surface area contributed by atoms with Crippen molar-refractivity contribution >= 4 is 10.0 Å². The van der Waals surface area contributed by atoms with Gasteiger partial charge in [-0.05, 0) is 48.7 Å². The smallest absolute Gasteiger partial charge is 0.243 e. The monoisotopic (exact) mass is 417 g/mol. The molecule has 0 aliphatic carbocycles. The maximum atomic E-state index is 13.4. The highest BCUT2D eigenvalue weighted by molar-refractivity contribution is 7.89. The van der Waals surface area contributed by atoms with Gasteiger partial charge in [0.15, 0.2) is 23.0 Å². The summed E-state index contributed by atoms with van der Waals surface area (Å²) in [6, 6.07) is 8.43. The fourth-order valence-corrected chi connectivity index (χ4v) is 5.73. The molecule has 0 saturated carbocycles. The predicted octanol–water partition coefficient (Wildman–Crippen LogP) is 2.93. The average molecular weight is 417 g/mol. The van der Waals surface area contributed by atoms with Gasteiger partial charge in [-0.2, -0.15) is 4.31 Å². The van der Waals surface area contributed by atoms with E-state index < -0.39 is 10.0 Å². The van der Waals surface area contributed by atoms with Crippen LogP contribution in [0.5, 0.6) is 23.0 Å². The van der Waals surface area contributed by atoms with E-state index in [-0.39, 0.29) is 10.9 Å². The summed E-state index contributed by atoms with van der Waals surface area (Å²) in [4.78, 5) is 0.214. The van der Waals surface area contributed by atoms with E-state index in [4.69, 9.17) is 18.9 Å². The van der Waals surface area contributed by atoms with Crippen molar-refractivity contribution < 1.29 is 27.4 Å². The first-order valence-electron chi connectivity index (χ1n) is 9.88. The van der Waals surface area contributed by atoms with Gasteiger partial charge in [0, 0.05) is 25.1 Å². The minimum atomic E-state index is -3.69. The molecule has 5 rings (SSSR count). The molecule has 3 aliphatic heterocycles. The topological polar surface area (TPSA) is 74.3 Å². The second kappa shape index (κ2) is 7.11. The zero-order valence-corrected chi connectivity index (χ0v) is 17.0. The third-order valence-corrected chi connectivity index (χ3v) is 7.58. The molecule has 0 saturated heterocycles. The molecule has 0 amide bonds. The zero-order chi connectivity index (χ0) is 20.0. The minimum absolute atomic E-state index is 0.214. The van der Waals surface area contributed by atoms with E-state index >= 15 is 0 Å². The highest BCUT2D eigenvalue weighted by atomic mass is 32.2. The van der Waals surface area contributed by atoms with Gasteiger partial charge in [0.1, 0.15) is 13.2 Å². The minimum Gasteiger partial charge on any atom is -0.490 e. The summed E-state index contributed by atoms with van der Waals surface area (Å²) < 4.78 is 51.0. The Bertz CT molecular complexity index is 1050. The summed E-state index contributed by atoms with van der Waals surface area (Å²) >= 11 is 0. The molecule has 8 heteroatoms. The maximum absolute atomic E-state index is 13.4. The standard InChI is InChI=1S/C21H23NO6S/c1-14-17-13-21-19(25-7-2-8-26-21)11-15(17)5-6-22(14)29(23,24)16-3-4-18-20(12-16)28-10-9-27-18/h3-4,11-14H,2,5-10H2,1H3/t14-/m1/s1. The Morgan fingerprint density at radius 3 is 2.31 bits per heavy atom. The summed E-state index contributed by atoms with van der Waals surface area (Å²) in [5.41, 5.74) is 2.07. The molecule has 7 nitrogen and oxygen atoms in total. The Kier molecular flexibility index (Phi) is 4.55. The van der Waals surface area contributed by atoms with Gasteiger partial charge < -0.3 is 18.9 Å². The Morgan fingerprint density at radius 2 is 1.52 bits per heavy atom. The van der Waals surface area contributed by atoms with Crippen molar-refractivity contribution in [1.82, 2.24) is 4.31 Å². The van der Waals surface area contributed by atoms with Crippen LogP contribution in [0.3, 0.4) is 0 Å². The number of rotatable bonds is 2. The fourth-order valence-electron chi connectivity index (χ4n) is 4.10. The van der Waals surface area contributed by atoms with Crippen LogP contribution < -0.4 is 18.9 Å². The molecule has 1 atom stereocenters. The summed E-state index contributed by atoms with van der Waals surface area (Å²) in [7, 11) is -3.69. The van der Waals surface area contributed by atoms with Crippen LogP contribution in [0.15, 0.2) is 35.2 Å². The third kappa shape index (κ3) is 3.20. The maximum Gasteiger partial charge on any atom is 0.243 e. The van der Waals surface area contributed by atoms with Gasteiger partial charge in [-0.15, -0.1) is 0 Å². The van der Waals surface area contributed by atoms with Gasteiger partial charge in [0.25, 0.3) is 0 Å². The lowest BCUT2D eigenvalue weighted by molar-refractivity contribution is 0.171. The second-order valence-electron chi connectivity index (χ2n) is 7.40.